The van der Waals surface area contributed by atoms with Crippen LogP contribution in [0.5, 0.6) is 0 Å². The molecule has 0 amide bonds. The van der Waals surface area contributed by atoms with Crippen molar-refractivity contribution in [1.29, 1.82) is 0 Å². The lowest BCUT2D eigenvalue weighted by molar-refractivity contribution is 0.315. The van der Waals surface area contributed by atoms with E-state index in [2.05, 4.69) is 55.2 Å². The van der Waals surface area contributed by atoms with Crippen LogP contribution in [0.3, 0.4) is 0 Å². The minimum atomic E-state index is -0.0713. The van der Waals surface area contributed by atoms with Gasteiger partial charge in [0.1, 0.15) is 5.01 Å². The summed E-state index contributed by atoms with van der Waals surface area (Å²) in [6.07, 6.45) is 6.20. The van der Waals surface area contributed by atoms with E-state index in [4.69, 9.17) is 4.98 Å². The van der Waals surface area contributed by atoms with Crippen LogP contribution in [-0.2, 0) is 13.1 Å². The first-order chi connectivity index (χ1) is 14.0. The van der Waals surface area contributed by atoms with E-state index in [1.165, 1.54) is 47.7 Å². The molecule has 1 aromatic carbocycles. The van der Waals surface area contributed by atoms with Gasteiger partial charge < -0.3 is 0 Å². The summed E-state index contributed by atoms with van der Waals surface area (Å²) in [6, 6.07) is 10.4. The van der Waals surface area contributed by atoms with Crippen LogP contribution in [0.25, 0.3) is 4.96 Å². The van der Waals surface area contributed by atoms with Crippen molar-refractivity contribution in [3.8, 4) is 0 Å². The largest absolute Gasteiger partial charge is 0.296 e. The average Bonchev–Trinajstić information content (AvgIpc) is 3.14. The van der Waals surface area contributed by atoms with Gasteiger partial charge in [-0.15, -0.1) is 0 Å². The number of hydrogen-bond acceptors (Lipinski definition) is 5. The topological polar surface area (TPSA) is 50.5 Å². The fourth-order valence-electron chi connectivity index (χ4n) is 4.12. The van der Waals surface area contributed by atoms with Gasteiger partial charge in [0, 0.05) is 25.1 Å². The summed E-state index contributed by atoms with van der Waals surface area (Å²) in [5.41, 5.74) is 3.37. The smallest absolute Gasteiger partial charge is 0.275 e. The van der Waals surface area contributed by atoms with Crippen molar-refractivity contribution in [3.63, 3.8) is 0 Å². The summed E-state index contributed by atoms with van der Waals surface area (Å²) in [5, 5.41) is 5.67. The Morgan fingerprint density at radius 1 is 1.14 bits per heavy atom. The Labute approximate surface area is 176 Å². The molecule has 0 N–H and O–H groups in total. The monoisotopic (exact) mass is 410 g/mol. The summed E-state index contributed by atoms with van der Waals surface area (Å²) >= 11 is 1.59. The van der Waals surface area contributed by atoms with E-state index >= 15 is 0 Å². The first-order valence-electron chi connectivity index (χ1n) is 10.7. The molecule has 1 saturated carbocycles. The van der Waals surface area contributed by atoms with Crippen molar-refractivity contribution >= 4 is 16.3 Å². The molecule has 4 rings (SSSR count). The van der Waals surface area contributed by atoms with E-state index in [1.807, 2.05) is 0 Å². The second-order valence-electron chi connectivity index (χ2n) is 8.62. The maximum atomic E-state index is 12.6. The fraction of sp³-hybridized carbons (Fsp3) is 0.522. The number of benzene rings is 1. The molecule has 1 fully saturated rings. The Bertz CT molecular complexity index is 1020. The van der Waals surface area contributed by atoms with Crippen molar-refractivity contribution < 1.29 is 0 Å². The third-order valence-corrected chi connectivity index (χ3v) is 6.87. The minimum absolute atomic E-state index is 0.0713. The predicted molar refractivity (Wildman–Crippen MR) is 119 cm³/mol. The Morgan fingerprint density at radius 2 is 1.86 bits per heavy atom. The number of nitrogens with zero attached hydrogens (tertiary/aromatic N) is 4. The third kappa shape index (κ3) is 4.75. The second kappa shape index (κ2) is 8.76. The van der Waals surface area contributed by atoms with E-state index < -0.39 is 0 Å². The average molecular weight is 411 g/mol. The van der Waals surface area contributed by atoms with Gasteiger partial charge >= 0.3 is 0 Å². The highest BCUT2D eigenvalue weighted by Gasteiger charge is 2.20. The first kappa shape index (κ1) is 20.2. The van der Waals surface area contributed by atoms with Crippen LogP contribution < -0.4 is 5.56 Å². The highest BCUT2D eigenvalue weighted by Crippen LogP contribution is 2.34. The molecule has 29 heavy (non-hydrogen) atoms. The molecule has 3 aromatic rings. The summed E-state index contributed by atoms with van der Waals surface area (Å²) in [6.45, 7) is 5.89. The Morgan fingerprint density at radius 3 is 2.55 bits per heavy atom. The van der Waals surface area contributed by atoms with E-state index in [-0.39, 0.29) is 5.56 Å². The zero-order chi connectivity index (χ0) is 20.4. The van der Waals surface area contributed by atoms with E-state index in [1.54, 1.807) is 17.4 Å². The molecule has 5 nitrogen and oxygen atoms in total. The van der Waals surface area contributed by atoms with Crippen molar-refractivity contribution in [1.82, 2.24) is 19.5 Å². The molecule has 0 spiro atoms. The molecule has 0 atom stereocenters. The highest BCUT2D eigenvalue weighted by atomic mass is 32.1. The quantitative estimate of drug-likeness (QED) is 0.577. The lowest BCUT2D eigenvalue weighted by atomic mass is 9.90. The molecule has 2 heterocycles. The summed E-state index contributed by atoms with van der Waals surface area (Å²) in [4.78, 5) is 20.3. The van der Waals surface area contributed by atoms with Crippen LogP contribution in [0.15, 0.2) is 35.1 Å². The standard InChI is InChI=1S/C23H30N4OS/c1-16(2)18-11-9-17(10-12-18)14-26(3)15-20-13-21(28)27-23(24-20)29-22(25-27)19-7-5-4-6-8-19/h9-13,16,19H,4-8,14-15H2,1-3H3. The third-order valence-electron chi connectivity index (χ3n) is 5.80. The van der Waals surface area contributed by atoms with Gasteiger partial charge in [-0.25, -0.2) is 4.98 Å². The highest BCUT2D eigenvalue weighted by molar-refractivity contribution is 7.16. The van der Waals surface area contributed by atoms with Crippen molar-refractivity contribution in [2.75, 3.05) is 7.05 Å². The molecule has 0 aliphatic heterocycles. The van der Waals surface area contributed by atoms with Gasteiger partial charge in [0.05, 0.1) is 5.69 Å². The molecule has 0 saturated heterocycles. The Hall–Kier alpha value is -2.05. The normalized spacial score (nSPS) is 15.6. The van der Waals surface area contributed by atoms with Crippen LogP contribution in [0, 0.1) is 0 Å². The van der Waals surface area contributed by atoms with Gasteiger partial charge in [-0.2, -0.15) is 9.61 Å². The van der Waals surface area contributed by atoms with E-state index in [9.17, 15) is 4.79 Å². The van der Waals surface area contributed by atoms with Gasteiger partial charge in [0.25, 0.3) is 5.56 Å². The number of rotatable bonds is 6. The molecular weight excluding hydrogens is 380 g/mol. The maximum Gasteiger partial charge on any atom is 0.275 e. The van der Waals surface area contributed by atoms with Crippen LogP contribution in [-0.4, -0.2) is 26.5 Å². The molecule has 0 bridgehead atoms. The fourth-order valence-corrected chi connectivity index (χ4v) is 5.21. The molecule has 1 aliphatic carbocycles. The molecule has 2 aromatic heterocycles. The summed E-state index contributed by atoms with van der Waals surface area (Å²) < 4.78 is 1.49. The lowest BCUT2D eigenvalue weighted by Crippen LogP contribution is -2.21. The number of aromatic nitrogens is 3. The van der Waals surface area contributed by atoms with Gasteiger partial charge in [-0.3, -0.25) is 9.69 Å². The second-order valence-corrected chi connectivity index (χ2v) is 9.61. The van der Waals surface area contributed by atoms with Crippen molar-refractivity contribution in [3.05, 3.63) is 62.5 Å². The van der Waals surface area contributed by atoms with E-state index in [0.29, 0.717) is 18.4 Å². The van der Waals surface area contributed by atoms with Crippen LogP contribution in [0.2, 0.25) is 0 Å². The SMILES string of the molecule is CC(C)c1ccc(CN(C)Cc2cc(=O)n3nc(C4CCCCC4)sc3n2)cc1. The van der Waals surface area contributed by atoms with Gasteiger partial charge in [-0.1, -0.05) is 68.7 Å². The summed E-state index contributed by atoms with van der Waals surface area (Å²) in [7, 11) is 2.07. The van der Waals surface area contributed by atoms with Crippen molar-refractivity contribution in [2.24, 2.45) is 0 Å². The molecule has 154 valence electrons. The first-order valence-corrected chi connectivity index (χ1v) is 11.5. The van der Waals surface area contributed by atoms with Gasteiger partial charge in [0.2, 0.25) is 4.96 Å². The zero-order valence-electron chi connectivity index (χ0n) is 17.6. The number of fused-ring (bicyclic) bond motifs is 1. The Balaban J connectivity index is 1.47. The zero-order valence-corrected chi connectivity index (χ0v) is 18.4. The van der Waals surface area contributed by atoms with Crippen molar-refractivity contribution in [2.45, 2.75) is 70.9 Å². The minimum Gasteiger partial charge on any atom is -0.296 e. The molecule has 1 aliphatic rings. The molecule has 6 heteroatoms. The van der Waals surface area contributed by atoms with Crippen LogP contribution in [0.1, 0.15) is 79.6 Å². The maximum absolute atomic E-state index is 12.6. The molecular formula is C23H30N4OS. The van der Waals surface area contributed by atoms with Crippen LogP contribution in [0.4, 0.5) is 0 Å². The van der Waals surface area contributed by atoms with Crippen LogP contribution >= 0.6 is 11.3 Å². The van der Waals surface area contributed by atoms with Gasteiger partial charge in [0.15, 0.2) is 0 Å². The predicted octanol–water partition coefficient (Wildman–Crippen LogP) is 4.95. The number of hydrogen-bond donors (Lipinski definition) is 0. The lowest BCUT2D eigenvalue weighted by Gasteiger charge is -2.18. The van der Waals surface area contributed by atoms with E-state index in [0.717, 1.165) is 22.2 Å². The Kier molecular flexibility index (Phi) is 6.11. The van der Waals surface area contributed by atoms with Gasteiger partial charge in [-0.05, 0) is 36.9 Å². The summed E-state index contributed by atoms with van der Waals surface area (Å²) in [5.74, 6) is 1.04. The molecule has 0 unspecified atom stereocenters. The molecule has 0 radical (unpaired) electrons.